The van der Waals surface area contributed by atoms with Crippen molar-refractivity contribution in [1.82, 2.24) is 4.90 Å². The van der Waals surface area contributed by atoms with Crippen LogP contribution in [0.4, 0.5) is 0 Å². The predicted octanol–water partition coefficient (Wildman–Crippen LogP) is 0.376. The zero-order valence-electron chi connectivity index (χ0n) is 8.94. The van der Waals surface area contributed by atoms with E-state index in [1.165, 1.54) is 0 Å². The van der Waals surface area contributed by atoms with Gasteiger partial charge in [-0.3, -0.25) is 4.79 Å². The number of carboxylic acids is 1. The van der Waals surface area contributed by atoms with Crippen molar-refractivity contribution in [2.24, 2.45) is 17.6 Å². The summed E-state index contributed by atoms with van der Waals surface area (Å²) in [6, 6.07) is -0.688. The Morgan fingerprint density at radius 3 is 2.79 bits per heavy atom. The van der Waals surface area contributed by atoms with E-state index in [1.807, 2.05) is 0 Å². The van der Waals surface area contributed by atoms with Crippen LogP contribution in [-0.4, -0.2) is 41.7 Å². The molecule has 1 heterocycles. The fourth-order valence-electron chi connectivity index (χ4n) is 2.04. The van der Waals surface area contributed by atoms with Gasteiger partial charge in [0, 0.05) is 13.1 Å². The number of nitrogens with two attached hydrogens (primary N) is 1. The second-order valence-corrected chi connectivity index (χ2v) is 4.57. The molecule has 0 aromatic carbocycles. The molecule has 1 saturated heterocycles. The van der Waals surface area contributed by atoms with E-state index in [2.05, 4.69) is 18.7 Å². The molecule has 1 fully saturated rings. The molecule has 4 heteroatoms. The van der Waals surface area contributed by atoms with E-state index in [0.29, 0.717) is 5.92 Å². The maximum atomic E-state index is 10.7. The van der Waals surface area contributed by atoms with Crippen molar-refractivity contribution >= 4 is 5.97 Å². The Hall–Kier alpha value is -0.610. The summed E-state index contributed by atoms with van der Waals surface area (Å²) in [5.74, 6) is -0.109. The van der Waals surface area contributed by atoms with Crippen LogP contribution in [0.1, 0.15) is 20.3 Å². The Labute approximate surface area is 85.1 Å². The fraction of sp³-hybridized carbons (Fsp3) is 0.900. The first-order valence-electron chi connectivity index (χ1n) is 5.21. The standard InChI is InChI=1S/C10H20N2O2/c1-7(2)5-12-4-3-8(6-12)9(11)10(13)14/h7-9H,3-6,11H2,1-2H3,(H,13,14). The van der Waals surface area contributed by atoms with Crippen molar-refractivity contribution in [2.45, 2.75) is 26.3 Å². The highest BCUT2D eigenvalue weighted by atomic mass is 16.4. The quantitative estimate of drug-likeness (QED) is 0.688. The van der Waals surface area contributed by atoms with E-state index in [1.54, 1.807) is 0 Å². The van der Waals surface area contributed by atoms with Crippen LogP contribution in [0.2, 0.25) is 0 Å². The van der Waals surface area contributed by atoms with Crippen molar-refractivity contribution in [2.75, 3.05) is 19.6 Å². The van der Waals surface area contributed by atoms with Crippen molar-refractivity contribution in [3.05, 3.63) is 0 Å². The second kappa shape index (κ2) is 4.75. The molecule has 0 aromatic rings. The molecule has 0 amide bonds. The van der Waals surface area contributed by atoms with Crippen LogP contribution in [0.5, 0.6) is 0 Å². The number of nitrogens with zero attached hydrogens (tertiary/aromatic N) is 1. The molecule has 4 nitrogen and oxygen atoms in total. The monoisotopic (exact) mass is 200 g/mol. The van der Waals surface area contributed by atoms with Gasteiger partial charge in [-0.25, -0.2) is 0 Å². The molecule has 0 spiro atoms. The minimum Gasteiger partial charge on any atom is -0.480 e. The van der Waals surface area contributed by atoms with Gasteiger partial charge in [-0.1, -0.05) is 13.8 Å². The average Bonchev–Trinajstić information content (AvgIpc) is 2.50. The van der Waals surface area contributed by atoms with Gasteiger partial charge in [0.2, 0.25) is 0 Å². The van der Waals surface area contributed by atoms with Gasteiger partial charge in [-0.05, 0) is 24.8 Å². The molecule has 0 aromatic heterocycles. The van der Waals surface area contributed by atoms with Crippen LogP contribution >= 0.6 is 0 Å². The molecule has 0 saturated carbocycles. The number of aliphatic carboxylic acids is 1. The molecule has 2 atom stereocenters. The second-order valence-electron chi connectivity index (χ2n) is 4.57. The van der Waals surface area contributed by atoms with Gasteiger partial charge in [0.15, 0.2) is 0 Å². The number of rotatable bonds is 4. The molecule has 14 heavy (non-hydrogen) atoms. The van der Waals surface area contributed by atoms with E-state index >= 15 is 0 Å². The molecule has 3 N–H and O–H groups in total. The minimum atomic E-state index is -0.874. The van der Waals surface area contributed by atoms with Crippen LogP contribution in [-0.2, 0) is 4.79 Å². The van der Waals surface area contributed by atoms with Gasteiger partial charge < -0.3 is 15.7 Å². The molecule has 1 rings (SSSR count). The van der Waals surface area contributed by atoms with Crippen LogP contribution in [0.25, 0.3) is 0 Å². The molecular weight excluding hydrogens is 180 g/mol. The number of likely N-dealkylation sites (tertiary alicyclic amines) is 1. The number of carbonyl (C=O) groups is 1. The normalized spacial score (nSPS) is 25.6. The van der Waals surface area contributed by atoms with Crippen LogP contribution in [0.3, 0.4) is 0 Å². The zero-order valence-corrected chi connectivity index (χ0v) is 8.94. The van der Waals surface area contributed by atoms with Gasteiger partial charge in [0.05, 0.1) is 0 Å². The Bertz CT molecular complexity index is 206. The van der Waals surface area contributed by atoms with Gasteiger partial charge in [-0.15, -0.1) is 0 Å². The highest BCUT2D eigenvalue weighted by Gasteiger charge is 2.31. The summed E-state index contributed by atoms with van der Waals surface area (Å²) in [5, 5.41) is 8.77. The van der Waals surface area contributed by atoms with E-state index in [9.17, 15) is 4.79 Å². The molecular formula is C10H20N2O2. The largest absolute Gasteiger partial charge is 0.480 e. The highest BCUT2D eigenvalue weighted by Crippen LogP contribution is 2.19. The SMILES string of the molecule is CC(C)CN1CCC(C(N)C(=O)O)C1. The number of carboxylic acid groups (broad SMARTS) is 1. The smallest absolute Gasteiger partial charge is 0.320 e. The fourth-order valence-corrected chi connectivity index (χ4v) is 2.04. The maximum absolute atomic E-state index is 10.7. The molecule has 1 aliphatic rings. The van der Waals surface area contributed by atoms with Crippen molar-refractivity contribution in [1.29, 1.82) is 0 Å². The lowest BCUT2D eigenvalue weighted by Crippen LogP contribution is -2.39. The lowest BCUT2D eigenvalue weighted by molar-refractivity contribution is -0.139. The third kappa shape index (κ3) is 2.96. The Morgan fingerprint density at radius 1 is 1.64 bits per heavy atom. The van der Waals surface area contributed by atoms with Crippen LogP contribution in [0.15, 0.2) is 0 Å². The number of hydrogen-bond donors (Lipinski definition) is 2. The molecule has 82 valence electrons. The minimum absolute atomic E-state index is 0.131. The Balaban J connectivity index is 2.37. The summed E-state index contributed by atoms with van der Waals surface area (Å²) in [5.41, 5.74) is 5.59. The third-order valence-corrected chi connectivity index (χ3v) is 2.73. The molecule has 0 bridgehead atoms. The Kier molecular flexibility index (Phi) is 3.89. The van der Waals surface area contributed by atoms with E-state index in [0.717, 1.165) is 26.1 Å². The topological polar surface area (TPSA) is 66.6 Å². The lowest BCUT2D eigenvalue weighted by Gasteiger charge is -2.19. The molecule has 1 aliphatic heterocycles. The van der Waals surface area contributed by atoms with E-state index in [-0.39, 0.29) is 5.92 Å². The summed E-state index contributed by atoms with van der Waals surface area (Å²) >= 11 is 0. The van der Waals surface area contributed by atoms with Gasteiger partial charge in [0.25, 0.3) is 0 Å². The Morgan fingerprint density at radius 2 is 2.29 bits per heavy atom. The van der Waals surface area contributed by atoms with E-state index < -0.39 is 12.0 Å². The lowest BCUT2D eigenvalue weighted by atomic mass is 10.0. The first-order valence-corrected chi connectivity index (χ1v) is 5.21. The zero-order chi connectivity index (χ0) is 10.7. The maximum Gasteiger partial charge on any atom is 0.320 e. The van der Waals surface area contributed by atoms with Crippen molar-refractivity contribution in [3.8, 4) is 0 Å². The first-order chi connectivity index (χ1) is 6.50. The first kappa shape index (κ1) is 11.5. The van der Waals surface area contributed by atoms with Gasteiger partial charge >= 0.3 is 5.97 Å². The third-order valence-electron chi connectivity index (χ3n) is 2.73. The summed E-state index contributed by atoms with van der Waals surface area (Å²) in [7, 11) is 0. The number of hydrogen-bond acceptors (Lipinski definition) is 3. The van der Waals surface area contributed by atoms with Crippen molar-refractivity contribution < 1.29 is 9.90 Å². The van der Waals surface area contributed by atoms with Crippen molar-refractivity contribution in [3.63, 3.8) is 0 Å². The summed E-state index contributed by atoms with van der Waals surface area (Å²) < 4.78 is 0. The van der Waals surface area contributed by atoms with Crippen LogP contribution in [0, 0.1) is 11.8 Å². The summed E-state index contributed by atoms with van der Waals surface area (Å²) in [6.07, 6.45) is 0.917. The predicted molar refractivity (Wildman–Crippen MR) is 55.0 cm³/mol. The molecule has 0 aliphatic carbocycles. The van der Waals surface area contributed by atoms with Gasteiger partial charge in [-0.2, -0.15) is 0 Å². The van der Waals surface area contributed by atoms with Gasteiger partial charge in [0.1, 0.15) is 6.04 Å². The van der Waals surface area contributed by atoms with E-state index in [4.69, 9.17) is 10.8 Å². The summed E-state index contributed by atoms with van der Waals surface area (Å²) in [6.45, 7) is 7.22. The highest BCUT2D eigenvalue weighted by molar-refractivity contribution is 5.73. The summed E-state index contributed by atoms with van der Waals surface area (Å²) in [4.78, 5) is 13.0. The van der Waals surface area contributed by atoms with Crippen LogP contribution < -0.4 is 5.73 Å². The molecule has 0 radical (unpaired) electrons. The molecule has 2 unspecified atom stereocenters. The average molecular weight is 200 g/mol.